The van der Waals surface area contributed by atoms with Gasteiger partial charge in [0.1, 0.15) is 5.82 Å². The molecule has 138 valence electrons. The molecule has 2 aromatic rings. The first-order chi connectivity index (χ1) is 12.6. The van der Waals surface area contributed by atoms with Gasteiger partial charge in [-0.2, -0.15) is 5.10 Å². The van der Waals surface area contributed by atoms with Gasteiger partial charge < -0.3 is 4.90 Å². The van der Waals surface area contributed by atoms with E-state index < -0.39 is 0 Å². The van der Waals surface area contributed by atoms with Crippen molar-refractivity contribution in [2.75, 3.05) is 12.8 Å². The molecule has 8 heteroatoms. The first-order valence-electron chi connectivity index (χ1n) is 9.18. The molecule has 1 aliphatic carbocycles. The van der Waals surface area contributed by atoms with E-state index in [0.717, 1.165) is 18.1 Å². The second-order valence-corrected chi connectivity index (χ2v) is 8.20. The lowest BCUT2D eigenvalue weighted by molar-refractivity contribution is 0.0577. The van der Waals surface area contributed by atoms with Gasteiger partial charge in [-0.25, -0.2) is 19.6 Å². The van der Waals surface area contributed by atoms with Crippen molar-refractivity contribution < 1.29 is 4.79 Å². The molecule has 0 aromatic carbocycles. The molecule has 1 amide bonds. The minimum absolute atomic E-state index is 0.0227. The Bertz CT molecular complexity index is 799. The standard InChI is InChI=1S/C18H24N6OS/c1-11(2)8-14-16-21-15(12-4-5-12)22-24(16)7-6-23(14)17(25)13-9-19-18(26-3)20-10-13/h9-12,14H,4-8H2,1-3H3/t14-/m0/s1. The van der Waals surface area contributed by atoms with Crippen LogP contribution in [0.25, 0.3) is 0 Å². The van der Waals surface area contributed by atoms with E-state index in [-0.39, 0.29) is 11.9 Å². The quantitative estimate of drug-likeness (QED) is 0.593. The fraction of sp³-hybridized carbons (Fsp3) is 0.611. The van der Waals surface area contributed by atoms with Crippen LogP contribution >= 0.6 is 11.8 Å². The molecule has 1 atom stereocenters. The Hall–Kier alpha value is -1.96. The molecule has 0 saturated heterocycles. The summed E-state index contributed by atoms with van der Waals surface area (Å²) in [5, 5.41) is 5.37. The lowest BCUT2D eigenvalue weighted by Crippen LogP contribution is -2.43. The number of hydrogen-bond donors (Lipinski definition) is 0. The van der Waals surface area contributed by atoms with E-state index in [0.29, 0.717) is 35.6 Å². The molecule has 7 nitrogen and oxygen atoms in total. The highest BCUT2D eigenvalue weighted by Crippen LogP contribution is 2.40. The summed E-state index contributed by atoms with van der Waals surface area (Å²) in [5.41, 5.74) is 0.534. The number of aromatic nitrogens is 5. The van der Waals surface area contributed by atoms with E-state index in [1.807, 2.05) is 15.8 Å². The van der Waals surface area contributed by atoms with E-state index in [9.17, 15) is 4.79 Å². The molecular weight excluding hydrogens is 348 g/mol. The maximum Gasteiger partial charge on any atom is 0.257 e. The van der Waals surface area contributed by atoms with Crippen LogP contribution in [-0.2, 0) is 6.54 Å². The zero-order valence-electron chi connectivity index (χ0n) is 15.4. The summed E-state index contributed by atoms with van der Waals surface area (Å²) in [6.45, 7) is 5.69. The first-order valence-corrected chi connectivity index (χ1v) is 10.4. The Morgan fingerprint density at radius 1 is 1.27 bits per heavy atom. The summed E-state index contributed by atoms with van der Waals surface area (Å²) in [5.74, 6) is 2.84. The van der Waals surface area contributed by atoms with Crippen molar-refractivity contribution in [3.63, 3.8) is 0 Å². The smallest absolute Gasteiger partial charge is 0.257 e. The highest BCUT2D eigenvalue weighted by Gasteiger charge is 2.37. The van der Waals surface area contributed by atoms with Gasteiger partial charge in [-0.1, -0.05) is 25.6 Å². The van der Waals surface area contributed by atoms with Crippen LogP contribution in [0.5, 0.6) is 0 Å². The van der Waals surface area contributed by atoms with Crippen LogP contribution in [0.4, 0.5) is 0 Å². The van der Waals surface area contributed by atoms with Crippen molar-refractivity contribution in [2.24, 2.45) is 5.92 Å². The van der Waals surface area contributed by atoms with Crippen LogP contribution in [-0.4, -0.2) is 48.3 Å². The van der Waals surface area contributed by atoms with Crippen molar-refractivity contribution in [2.45, 2.75) is 56.8 Å². The van der Waals surface area contributed by atoms with E-state index in [4.69, 9.17) is 10.1 Å². The predicted octanol–water partition coefficient (Wildman–Crippen LogP) is 2.91. The van der Waals surface area contributed by atoms with E-state index in [1.165, 1.54) is 24.6 Å². The SMILES string of the molecule is CSc1ncc(C(=O)N2CCn3nc(C4CC4)nc3[C@@H]2CC(C)C)cn1. The summed E-state index contributed by atoms with van der Waals surface area (Å²) in [4.78, 5) is 28.4. The minimum atomic E-state index is -0.0449. The van der Waals surface area contributed by atoms with E-state index in [2.05, 4.69) is 23.8 Å². The van der Waals surface area contributed by atoms with Gasteiger partial charge in [0.25, 0.3) is 5.91 Å². The number of hydrogen-bond acceptors (Lipinski definition) is 6. The van der Waals surface area contributed by atoms with Gasteiger partial charge in [0.15, 0.2) is 11.0 Å². The maximum absolute atomic E-state index is 13.1. The Kier molecular flexibility index (Phi) is 4.69. The normalized spacial score (nSPS) is 19.7. The lowest BCUT2D eigenvalue weighted by Gasteiger charge is -2.36. The van der Waals surface area contributed by atoms with Crippen LogP contribution < -0.4 is 0 Å². The summed E-state index contributed by atoms with van der Waals surface area (Å²) < 4.78 is 2.01. The zero-order valence-corrected chi connectivity index (χ0v) is 16.2. The molecular formula is C18H24N6OS. The fourth-order valence-corrected chi connectivity index (χ4v) is 3.73. The summed E-state index contributed by atoms with van der Waals surface area (Å²) in [6.07, 6.45) is 8.41. The number of fused-ring (bicyclic) bond motifs is 1. The van der Waals surface area contributed by atoms with Crippen molar-refractivity contribution >= 4 is 17.7 Å². The lowest BCUT2D eigenvalue weighted by atomic mass is 9.99. The molecule has 1 aliphatic heterocycles. The molecule has 1 saturated carbocycles. The summed E-state index contributed by atoms with van der Waals surface area (Å²) in [6, 6.07) is -0.0449. The predicted molar refractivity (Wildman–Crippen MR) is 99.0 cm³/mol. The first kappa shape index (κ1) is 17.5. The van der Waals surface area contributed by atoms with Gasteiger partial charge in [0.2, 0.25) is 0 Å². The highest BCUT2D eigenvalue weighted by molar-refractivity contribution is 7.98. The molecule has 0 bridgehead atoms. The molecule has 2 aliphatic rings. The number of thioether (sulfide) groups is 1. The molecule has 2 aromatic heterocycles. The Morgan fingerprint density at radius 2 is 2.00 bits per heavy atom. The molecule has 0 radical (unpaired) electrons. The Balaban J connectivity index is 1.63. The zero-order chi connectivity index (χ0) is 18.3. The molecule has 0 spiro atoms. The van der Waals surface area contributed by atoms with Crippen molar-refractivity contribution in [3.05, 3.63) is 29.6 Å². The highest BCUT2D eigenvalue weighted by atomic mass is 32.2. The molecule has 4 rings (SSSR count). The third-order valence-electron chi connectivity index (χ3n) is 4.90. The van der Waals surface area contributed by atoms with Gasteiger partial charge in [-0.3, -0.25) is 4.79 Å². The van der Waals surface area contributed by atoms with Gasteiger partial charge in [0.05, 0.1) is 18.2 Å². The third-order valence-corrected chi connectivity index (χ3v) is 5.48. The molecule has 1 fully saturated rings. The van der Waals surface area contributed by atoms with E-state index >= 15 is 0 Å². The topological polar surface area (TPSA) is 76.8 Å². The number of carbonyl (C=O) groups excluding carboxylic acids is 1. The monoisotopic (exact) mass is 372 g/mol. The number of nitrogens with zero attached hydrogens (tertiary/aromatic N) is 6. The van der Waals surface area contributed by atoms with Gasteiger partial charge >= 0.3 is 0 Å². The molecule has 0 unspecified atom stereocenters. The molecule has 26 heavy (non-hydrogen) atoms. The fourth-order valence-electron chi connectivity index (χ4n) is 3.42. The molecule has 3 heterocycles. The van der Waals surface area contributed by atoms with Crippen LogP contribution in [0.15, 0.2) is 17.6 Å². The Morgan fingerprint density at radius 3 is 2.62 bits per heavy atom. The molecule has 0 N–H and O–H groups in total. The van der Waals surface area contributed by atoms with Gasteiger partial charge in [-0.15, -0.1) is 0 Å². The minimum Gasteiger partial charge on any atom is -0.326 e. The van der Waals surface area contributed by atoms with E-state index in [1.54, 1.807) is 12.4 Å². The maximum atomic E-state index is 13.1. The van der Waals surface area contributed by atoms with Crippen LogP contribution in [0, 0.1) is 5.92 Å². The second kappa shape index (κ2) is 6.98. The van der Waals surface area contributed by atoms with Crippen LogP contribution in [0.2, 0.25) is 0 Å². The average Bonchev–Trinajstić information content (AvgIpc) is 3.40. The van der Waals surface area contributed by atoms with Crippen LogP contribution in [0.1, 0.15) is 67.1 Å². The number of carbonyl (C=O) groups is 1. The van der Waals surface area contributed by atoms with Crippen molar-refractivity contribution in [3.8, 4) is 0 Å². The largest absolute Gasteiger partial charge is 0.326 e. The summed E-state index contributed by atoms with van der Waals surface area (Å²) in [7, 11) is 0. The Labute approximate surface area is 157 Å². The van der Waals surface area contributed by atoms with Gasteiger partial charge in [-0.05, 0) is 31.4 Å². The second-order valence-electron chi connectivity index (χ2n) is 7.43. The number of amides is 1. The van der Waals surface area contributed by atoms with Gasteiger partial charge in [0, 0.05) is 24.9 Å². The van der Waals surface area contributed by atoms with Crippen LogP contribution in [0.3, 0.4) is 0 Å². The van der Waals surface area contributed by atoms with Crippen molar-refractivity contribution in [1.82, 2.24) is 29.6 Å². The third kappa shape index (κ3) is 3.34. The van der Waals surface area contributed by atoms with Crippen molar-refractivity contribution in [1.29, 1.82) is 0 Å². The summed E-state index contributed by atoms with van der Waals surface area (Å²) >= 11 is 1.47. The number of rotatable bonds is 5. The average molecular weight is 372 g/mol.